The van der Waals surface area contributed by atoms with Crippen molar-refractivity contribution in [1.29, 1.82) is 0 Å². The molecule has 3 N–H and O–H groups in total. The maximum Gasteiger partial charge on any atom is 0.270 e. The van der Waals surface area contributed by atoms with Crippen molar-refractivity contribution in [1.82, 2.24) is 19.6 Å². The van der Waals surface area contributed by atoms with Gasteiger partial charge >= 0.3 is 0 Å². The fourth-order valence-corrected chi connectivity index (χ4v) is 4.05. The number of ether oxygens (including phenoxy) is 1. The summed E-state index contributed by atoms with van der Waals surface area (Å²) in [6.07, 6.45) is 4.38. The first kappa shape index (κ1) is 18.0. The third kappa shape index (κ3) is 4.25. The summed E-state index contributed by atoms with van der Waals surface area (Å²) in [7, 11) is -3.26. The monoisotopic (exact) mass is 369 g/mol. The normalized spacial score (nSPS) is 21.6. The van der Waals surface area contributed by atoms with Gasteiger partial charge in [0.1, 0.15) is 5.69 Å². The SMILES string of the molecule is CS(=O)(=O)N1CCOC(CNC(=O)c2nc(N)nc3c2CCCC3)C1. The van der Waals surface area contributed by atoms with Crippen LogP contribution in [-0.4, -0.2) is 67.2 Å². The van der Waals surface area contributed by atoms with E-state index >= 15 is 0 Å². The predicted molar refractivity (Wildman–Crippen MR) is 91.6 cm³/mol. The second kappa shape index (κ2) is 7.22. The quantitative estimate of drug-likeness (QED) is 0.720. The summed E-state index contributed by atoms with van der Waals surface area (Å²) in [4.78, 5) is 20.9. The highest BCUT2D eigenvalue weighted by atomic mass is 32.2. The molecule has 10 heteroatoms. The third-order valence-corrected chi connectivity index (χ3v) is 5.75. The predicted octanol–water partition coefficient (Wildman–Crippen LogP) is -0.672. The number of morpholine rings is 1. The first-order chi connectivity index (χ1) is 11.8. The largest absolute Gasteiger partial charge is 0.374 e. The molecule has 1 fully saturated rings. The van der Waals surface area contributed by atoms with Gasteiger partial charge in [-0.15, -0.1) is 0 Å². The van der Waals surface area contributed by atoms with Crippen molar-refractivity contribution in [2.24, 2.45) is 0 Å². The standard InChI is InChI=1S/C15H23N5O4S/c1-25(22,23)20-6-7-24-10(9-20)8-17-14(21)13-11-4-2-3-5-12(11)18-15(16)19-13/h10H,2-9H2,1H3,(H,17,21)(H2,16,18,19). The number of nitrogen functional groups attached to an aromatic ring is 1. The molecular formula is C15H23N5O4S. The Labute approximate surface area is 147 Å². The third-order valence-electron chi connectivity index (χ3n) is 4.48. The van der Waals surface area contributed by atoms with Gasteiger partial charge in [0.15, 0.2) is 0 Å². The summed E-state index contributed by atoms with van der Waals surface area (Å²) < 4.78 is 30.2. The fraction of sp³-hybridized carbons (Fsp3) is 0.667. The molecule has 3 rings (SSSR count). The summed E-state index contributed by atoms with van der Waals surface area (Å²) in [5, 5.41) is 2.79. The molecule has 0 aromatic carbocycles. The maximum absolute atomic E-state index is 12.5. The van der Waals surface area contributed by atoms with E-state index in [0.717, 1.165) is 36.9 Å². The molecule has 138 valence electrons. The average molecular weight is 369 g/mol. The molecule has 1 aliphatic carbocycles. The number of nitrogens with one attached hydrogen (secondary N) is 1. The van der Waals surface area contributed by atoms with Crippen LogP contribution in [0.15, 0.2) is 0 Å². The van der Waals surface area contributed by atoms with E-state index in [1.165, 1.54) is 10.6 Å². The molecule has 2 aliphatic rings. The molecule has 25 heavy (non-hydrogen) atoms. The molecule has 1 unspecified atom stereocenters. The number of carbonyl (C=O) groups is 1. The van der Waals surface area contributed by atoms with Crippen LogP contribution in [0.25, 0.3) is 0 Å². The van der Waals surface area contributed by atoms with Crippen molar-refractivity contribution in [3.05, 3.63) is 17.0 Å². The van der Waals surface area contributed by atoms with Crippen molar-refractivity contribution in [2.75, 3.05) is 38.2 Å². The number of hydrogen-bond acceptors (Lipinski definition) is 7. The highest BCUT2D eigenvalue weighted by molar-refractivity contribution is 7.88. The number of rotatable bonds is 4. The van der Waals surface area contributed by atoms with Gasteiger partial charge in [-0.3, -0.25) is 4.79 Å². The van der Waals surface area contributed by atoms with E-state index in [1.807, 2.05) is 0 Å². The Morgan fingerprint density at radius 2 is 2.12 bits per heavy atom. The molecule has 1 amide bonds. The number of amides is 1. The Balaban J connectivity index is 1.66. The average Bonchev–Trinajstić information content (AvgIpc) is 2.58. The van der Waals surface area contributed by atoms with E-state index in [0.29, 0.717) is 18.8 Å². The zero-order chi connectivity index (χ0) is 18.0. The molecule has 1 atom stereocenters. The Morgan fingerprint density at radius 1 is 1.36 bits per heavy atom. The second-order valence-corrected chi connectivity index (χ2v) is 8.37. The van der Waals surface area contributed by atoms with E-state index in [2.05, 4.69) is 15.3 Å². The maximum atomic E-state index is 12.5. The smallest absolute Gasteiger partial charge is 0.270 e. The van der Waals surface area contributed by atoms with Gasteiger partial charge in [-0.2, -0.15) is 4.31 Å². The van der Waals surface area contributed by atoms with Gasteiger partial charge < -0.3 is 15.8 Å². The molecule has 0 bridgehead atoms. The zero-order valence-electron chi connectivity index (χ0n) is 14.2. The van der Waals surface area contributed by atoms with Crippen molar-refractivity contribution >= 4 is 21.9 Å². The van der Waals surface area contributed by atoms with Crippen LogP contribution in [-0.2, 0) is 27.6 Å². The summed E-state index contributed by atoms with van der Waals surface area (Å²) in [5.41, 5.74) is 7.75. The first-order valence-corrected chi connectivity index (χ1v) is 10.2. The highest BCUT2D eigenvalue weighted by Crippen LogP contribution is 2.22. The Morgan fingerprint density at radius 3 is 2.88 bits per heavy atom. The van der Waals surface area contributed by atoms with Crippen LogP contribution in [0, 0.1) is 0 Å². The van der Waals surface area contributed by atoms with Gasteiger partial charge in [-0.05, 0) is 25.7 Å². The van der Waals surface area contributed by atoms with Gasteiger partial charge in [0.05, 0.1) is 19.0 Å². The van der Waals surface area contributed by atoms with Crippen molar-refractivity contribution in [3.63, 3.8) is 0 Å². The number of aromatic nitrogens is 2. The molecule has 2 heterocycles. The minimum Gasteiger partial charge on any atom is -0.374 e. The summed E-state index contributed by atoms with van der Waals surface area (Å²) in [5.74, 6) is -0.227. The Bertz CT molecular complexity index is 767. The molecule has 9 nitrogen and oxygen atoms in total. The van der Waals surface area contributed by atoms with Gasteiger partial charge in [0.25, 0.3) is 5.91 Å². The lowest BCUT2D eigenvalue weighted by molar-refractivity contribution is 0.000405. The number of hydrogen-bond donors (Lipinski definition) is 2. The minimum atomic E-state index is -3.26. The number of nitrogens with zero attached hydrogens (tertiary/aromatic N) is 3. The van der Waals surface area contributed by atoms with E-state index < -0.39 is 10.0 Å². The van der Waals surface area contributed by atoms with E-state index in [1.54, 1.807) is 0 Å². The molecular weight excluding hydrogens is 346 g/mol. The molecule has 1 aromatic rings. The van der Waals surface area contributed by atoms with Crippen molar-refractivity contribution in [3.8, 4) is 0 Å². The molecule has 0 spiro atoms. The van der Waals surface area contributed by atoms with Crippen LogP contribution < -0.4 is 11.1 Å². The Kier molecular flexibility index (Phi) is 5.21. The number of aryl methyl sites for hydroxylation is 1. The van der Waals surface area contributed by atoms with Gasteiger partial charge in [-0.25, -0.2) is 18.4 Å². The summed E-state index contributed by atoms with van der Waals surface area (Å²) in [6, 6.07) is 0. The van der Waals surface area contributed by atoms with Crippen LogP contribution in [0.4, 0.5) is 5.95 Å². The topological polar surface area (TPSA) is 128 Å². The van der Waals surface area contributed by atoms with E-state index in [9.17, 15) is 13.2 Å². The van der Waals surface area contributed by atoms with Crippen LogP contribution in [0.1, 0.15) is 34.6 Å². The number of nitrogens with two attached hydrogens (primary N) is 1. The molecule has 1 aliphatic heterocycles. The van der Waals surface area contributed by atoms with Crippen LogP contribution in [0.5, 0.6) is 0 Å². The van der Waals surface area contributed by atoms with E-state index in [-0.39, 0.29) is 31.0 Å². The molecule has 0 saturated carbocycles. The molecule has 0 radical (unpaired) electrons. The summed E-state index contributed by atoms with van der Waals surface area (Å²) >= 11 is 0. The number of fused-ring (bicyclic) bond motifs is 1. The van der Waals surface area contributed by atoms with Crippen LogP contribution >= 0.6 is 0 Å². The zero-order valence-corrected chi connectivity index (χ0v) is 15.0. The van der Waals surface area contributed by atoms with Crippen LogP contribution in [0.2, 0.25) is 0 Å². The lowest BCUT2D eigenvalue weighted by Crippen LogP contribution is -2.49. The van der Waals surface area contributed by atoms with Gasteiger partial charge in [0.2, 0.25) is 16.0 Å². The van der Waals surface area contributed by atoms with Crippen molar-refractivity contribution in [2.45, 2.75) is 31.8 Å². The Hall–Kier alpha value is -1.78. The van der Waals surface area contributed by atoms with Crippen LogP contribution in [0.3, 0.4) is 0 Å². The van der Waals surface area contributed by atoms with Gasteiger partial charge in [-0.1, -0.05) is 0 Å². The second-order valence-electron chi connectivity index (χ2n) is 6.39. The highest BCUT2D eigenvalue weighted by Gasteiger charge is 2.28. The number of anilines is 1. The minimum absolute atomic E-state index is 0.1000. The lowest BCUT2D eigenvalue weighted by Gasteiger charge is -2.31. The lowest BCUT2D eigenvalue weighted by atomic mass is 9.94. The number of sulfonamides is 1. The number of carbonyl (C=O) groups excluding carboxylic acids is 1. The molecule has 1 aromatic heterocycles. The van der Waals surface area contributed by atoms with Gasteiger partial charge in [0, 0.05) is 30.9 Å². The fourth-order valence-electron chi connectivity index (χ4n) is 3.21. The van der Waals surface area contributed by atoms with E-state index in [4.69, 9.17) is 10.5 Å². The van der Waals surface area contributed by atoms with Crippen molar-refractivity contribution < 1.29 is 17.9 Å². The summed E-state index contributed by atoms with van der Waals surface area (Å²) in [6.45, 7) is 1.08. The first-order valence-electron chi connectivity index (χ1n) is 8.35. The molecule has 1 saturated heterocycles.